The maximum Gasteiger partial charge on any atom is 0.141 e. The number of alkyl halides is 1. The molecular weight excluding hydrogens is 371 g/mol. The van der Waals surface area contributed by atoms with E-state index < -0.39 is 0 Å². The maximum absolute atomic E-state index is 14.4. The summed E-state index contributed by atoms with van der Waals surface area (Å²) >= 11 is 7.14. The lowest BCUT2D eigenvalue weighted by Gasteiger charge is -2.42. The maximum atomic E-state index is 14.4. The Kier molecular flexibility index (Phi) is 4.77. The molecule has 0 spiro atoms. The molecule has 1 aliphatic rings. The van der Waals surface area contributed by atoms with Gasteiger partial charge in [0.2, 0.25) is 0 Å². The summed E-state index contributed by atoms with van der Waals surface area (Å²) in [6.45, 7) is 6.65. The predicted octanol–water partition coefficient (Wildman–Crippen LogP) is 6.07. The predicted molar refractivity (Wildman–Crippen MR) is 86.3 cm³/mol. The lowest BCUT2D eigenvalue weighted by Crippen LogP contribution is -2.39. The molecule has 0 amide bonds. The summed E-state index contributed by atoms with van der Waals surface area (Å²) < 4.78 is 15.0. The van der Waals surface area contributed by atoms with E-state index >= 15 is 0 Å². The normalized spacial score (nSPS) is 28.4. The van der Waals surface area contributed by atoms with Crippen molar-refractivity contribution in [2.75, 3.05) is 0 Å². The minimum Gasteiger partial charge on any atom is -0.205 e. The molecule has 1 fully saturated rings. The van der Waals surface area contributed by atoms with Crippen LogP contribution in [0.5, 0.6) is 0 Å². The number of halogens is 3. The van der Waals surface area contributed by atoms with Crippen molar-refractivity contribution in [2.24, 2.45) is 11.8 Å². The smallest absolute Gasteiger partial charge is 0.141 e. The summed E-state index contributed by atoms with van der Waals surface area (Å²) in [5.41, 5.74) is 0.674. The highest BCUT2D eigenvalue weighted by molar-refractivity contribution is 9.10. The summed E-state index contributed by atoms with van der Waals surface area (Å²) in [6.07, 6.45) is 3.59. The van der Waals surface area contributed by atoms with Crippen LogP contribution in [0, 0.1) is 17.7 Å². The molecule has 2 rings (SSSR count). The first-order valence-electron chi connectivity index (χ1n) is 6.92. The van der Waals surface area contributed by atoms with E-state index in [9.17, 15) is 4.39 Å². The summed E-state index contributed by atoms with van der Waals surface area (Å²) in [5.74, 6) is 1.14. The van der Waals surface area contributed by atoms with Crippen molar-refractivity contribution in [3.63, 3.8) is 0 Å². The van der Waals surface area contributed by atoms with Gasteiger partial charge in [0, 0.05) is 4.83 Å². The molecule has 1 saturated carbocycles. The zero-order valence-electron chi connectivity index (χ0n) is 11.7. The van der Waals surface area contributed by atoms with E-state index in [0.29, 0.717) is 15.2 Å². The summed E-state index contributed by atoms with van der Waals surface area (Å²) in [7, 11) is 0. The number of rotatable bonds is 2. The van der Waals surface area contributed by atoms with Crippen molar-refractivity contribution in [2.45, 2.75) is 50.3 Å². The fraction of sp³-hybridized carbons (Fsp3) is 0.625. The quantitative estimate of drug-likeness (QED) is 0.537. The average molecular weight is 392 g/mol. The second-order valence-electron chi connectivity index (χ2n) is 6.36. The van der Waals surface area contributed by atoms with Crippen LogP contribution in [-0.4, -0.2) is 4.83 Å². The second-order valence-corrected chi connectivity index (χ2v) is 8.39. The van der Waals surface area contributed by atoms with Gasteiger partial charge in [-0.05, 0) is 57.7 Å². The van der Waals surface area contributed by atoms with E-state index in [0.717, 1.165) is 17.9 Å². The molecule has 106 valence electrons. The van der Waals surface area contributed by atoms with Crippen LogP contribution in [0.15, 0.2) is 22.7 Å². The molecule has 0 radical (unpaired) electrons. The fourth-order valence-corrected chi connectivity index (χ4v) is 5.26. The van der Waals surface area contributed by atoms with Crippen molar-refractivity contribution in [3.05, 3.63) is 34.1 Å². The molecule has 0 saturated heterocycles. The lowest BCUT2D eigenvalue weighted by molar-refractivity contribution is 0.210. The van der Waals surface area contributed by atoms with E-state index in [-0.39, 0.29) is 11.2 Å². The van der Waals surface area contributed by atoms with Gasteiger partial charge in [0.05, 0.1) is 4.47 Å². The van der Waals surface area contributed by atoms with Crippen LogP contribution in [0.3, 0.4) is 0 Å². The molecule has 1 aromatic carbocycles. The minimum absolute atomic E-state index is 0.106. The van der Waals surface area contributed by atoms with Crippen LogP contribution in [0.1, 0.15) is 45.6 Å². The molecule has 3 heteroatoms. The van der Waals surface area contributed by atoms with Gasteiger partial charge in [-0.15, -0.1) is 0 Å². The topological polar surface area (TPSA) is 0 Å². The summed E-state index contributed by atoms with van der Waals surface area (Å²) in [5, 5.41) is 0. The molecule has 19 heavy (non-hydrogen) atoms. The standard InChI is InChI=1S/C16H21Br2F/c1-10-7-8-11(14(18)9-10)16(2,3)12-5-4-6-13(17)15(12)19/h4-6,10-11,14H,7-9H2,1-3H3. The van der Waals surface area contributed by atoms with E-state index in [2.05, 4.69) is 52.6 Å². The van der Waals surface area contributed by atoms with Gasteiger partial charge < -0.3 is 0 Å². The zero-order chi connectivity index (χ0) is 14.2. The van der Waals surface area contributed by atoms with Gasteiger partial charge in [-0.1, -0.05) is 55.3 Å². The highest BCUT2D eigenvalue weighted by atomic mass is 79.9. The molecule has 0 heterocycles. The molecular formula is C16H21Br2F. The molecule has 0 aliphatic heterocycles. The SMILES string of the molecule is CC1CCC(C(C)(C)c2cccc(Br)c2F)C(Br)C1. The number of hydrogen-bond donors (Lipinski definition) is 0. The van der Waals surface area contributed by atoms with E-state index in [1.165, 1.54) is 12.8 Å². The van der Waals surface area contributed by atoms with Crippen molar-refractivity contribution in [1.29, 1.82) is 0 Å². The average Bonchev–Trinajstić information content (AvgIpc) is 2.31. The van der Waals surface area contributed by atoms with Crippen LogP contribution in [-0.2, 0) is 5.41 Å². The molecule has 3 unspecified atom stereocenters. The van der Waals surface area contributed by atoms with Crippen LogP contribution in [0.4, 0.5) is 4.39 Å². The third kappa shape index (κ3) is 3.07. The van der Waals surface area contributed by atoms with Gasteiger partial charge in [-0.25, -0.2) is 4.39 Å². The third-order valence-corrected chi connectivity index (χ3v) is 6.23. The van der Waals surface area contributed by atoms with Gasteiger partial charge in [-0.3, -0.25) is 0 Å². The molecule has 0 aromatic heterocycles. The van der Waals surface area contributed by atoms with Crippen LogP contribution in [0.25, 0.3) is 0 Å². The molecule has 0 N–H and O–H groups in total. The van der Waals surface area contributed by atoms with Crippen molar-refractivity contribution >= 4 is 31.9 Å². The minimum atomic E-state index is -0.151. The van der Waals surface area contributed by atoms with E-state index in [1.807, 2.05) is 12.1 Å². The second kappa shape index (κ2) is 5.85. The monoisotopic (exact) mass is 390 g/mol. The lowest BCUT2D eigenvalue weighted by atomic mass is 9.66. The van der Waals surface area contributed by atoms with Crippen molar-refractivity contribution in [3.8, 4) is 0 Å². The highest BCUT2D eigenvalue weighted by Crippen LogP contribution is 2.46. The first-order chi connectivity index (χ1) is 8.84. The van der Waals surface area contributed by atoms with Gasteiger partial charge in [0.1, 0.15) is 5.82 Å². The van der Waals surface area contributed by atoms with Crippen molar-refractivity contribution < 1.29 is 4.39 Å². The molecule has 0 bridgehead atoms. The largest absolute Gasteiger partial charge is 0.205 e. The van der Waals surface area contributed by atoms with Crippen LogP contribution >= 0.6 is 31.9 Å². The van der Waals surface area contributed by atoms with Crippen LogP contribution < -0.4 is 0 Å². The Hall–Kier alpha value is 0.110. The highest BCUT2D eigenvalue weighted by Gasteiger charge is 2.40. The van der Waals surface area contributed by atoms with Crippen LogP contribution in [0.2, 0.25) is 0 Å². The number of hydrogen-bond acceptors (Lipinski definition) is 0. The Bertz CT molecular complexity index is 456. The zero-order valence-corrected chi connectivity index (χ0v) is 14.9. The van der Waals surface area contributed by atoms with E-state index in [4.69, 9.17) is 0 Å². The third-order valence-electron chi connectivity index (χ3n) is 4.61. The Morgan fingerprint density at radius 2 is 1.95 bits per heavy atom. The van der Waals surface area contributed by atoms with Gasteiger partial charge in [-0.2, -0.15) is 0 Å². The molecule has 3 atom stereocenters. The molecule has 1 aliphatic carbocycles. The van der Waals surface area contributed by atoms with Crippen molar-refractivity contribution in [1.82, 2.24) is 0 Å². The number of benzene rings is 1. The summed E-state index contributed by atoms with van der Waals surface area (Å²) in [6, 6.07) is 5.63. The fourth-order valence-electron chi connectivity index (χ4n) is 3.33. The van der Waals surface area contributed by atoms with Gasteiger partial charge in [0.15, 0.2) is 0 Å². The summed E-state index contributed by atoms with van der Waals surface area (Å²) in [4.78, 5) is 0.477. The van der Waals surface area contributed by atoms with Gasteiger partial charge >= 0.3 is 0 Å². The molecule has 0 nitrogen and oxygen atoms in total. The Morgan fingerprint density at radius 1 is 1.26 bits per heavy atom. The Labute approximate surface area is 132 Å². The molecule has 1 aromatic rings. The van der Waals surface area contributed by atoms with Gasteiger partial charge in [0.25, 0.3) is 0 Å². The van der Waals surface area contributed by atoms with E-state index in [1.54, 1.807) is 6.07 Å². The first kappa shape index (κ1) is 15.5. The Balaban J connectivity index is 2.33. The first-order valence-corrected chi connectivity index (χ1v) is 8.63. The Morgan fingerprint density at radius 3 is 2.58 bits per heavy atom.